The molecular formula is C27H25ClN4O2. The van der Waals surface area contributed by atoms with E-state index in [9.17, 15) is 9.59 Å². The number of benzene rings is 3. The molecule has 6 nitrogen and oxygen atoms in total. The van der Waals surface area contributed by atoms with Crippen molar-refractivity contribution in [2.75, 3.05) is 11.9 Å². The molecule has 34 heavy (non-hydrogen) atoms. The minimum Gasteiger partial charge on any atom is -0.327 e. The third-order valence-corrected chi connectivity index (χ3v) is 5.67. The smallest absolute Gasteiger partial charge is 0.254 e. The van der Waals surface area contributed by atoms with E-state index in [1.54, 1.807) is 46.0 Å². The number of nitrogens with zero attached hydrogens (tertiary/aromatic N) is 3. The topological polar surface area (TPSA) is 67.2 Å². The van der Waals surface area contributed by atoms with Crippen LogP contribution in [0.1, 0.15) is 24.2 Å². The first-order valence-corrected chi connectivity index (χ1v) is 11.4. The zero-order valence-electron chi connectivity index (χ0n) is 19.0. The number of carbonyl (C=O) groups excluding carboxylic acids is 2. The van der Waals surface area contributed by atoms with Crippen LogP contribution >= 0.6 is 11.6 Å². The highest BCUT2D eigenvalue weighted by atomic mass is 35.5. The summed E-state index contributed by atoms with van der Waals surface area (Å²) in [6.07, 6.45) is 0. The average molecular weight is 473 g/mol. The molecule has 0 aliphatic heterocycles. The van der Waals surface area contributed by atoms with E-state index in [0.29, 0.717) is 27.8 Å². The molecule has 0 saturated carbocycles. The largest absolute Gasteiger partial charge is 0.327 e. The lowest BCUT2D eigenvalue weighted by molar-refractivity contribution is -0.117. The molecule has 7 heteroatoms. The van der Waals surface area contributed by atoms with Gasteiger partial charge in [-0.2, -0.15) is 5.10 Å². The Hall–Kier alpha value is -3.90. The summed E-state index contributed by atoms with van der Waals surface area (Å²) in [6.45, 7) is 3.67. The number of halogens is 1. The van der Waals surface area contributed by atoms with Gasteiger partial charge in [-0.1, -0.05) is 72.3 Å². The van der Waals surface area contributed by atoms with Gasteiger partial charge in [-0.05, 0) is 38.1 Å². The normalized spacial score (nSPS) is 10.8. The molecule has 1 N–H and O–H groups in total. The van der Waals surface area contributed by atoms with Gasteiger partial charge in [-0.3, -0.25) is 9.59 Å². The van der Waals surface area contributed by atoms with E-state index in [-0.39, 0.29) is 24.4 Å². The molecule has 172 valence electrons. The fourth-order valence-corrected chi connectivity index (χ4v) is 3.82. The summed E-state index contributed by atoms with van der Waals surface area (Å²) in [7, 11) is 0. The van der Waals surface area contributed by atoms with E-state index in [1.165, 1.54) is 0 Å². The summed E-state index contributed by atoms with van der Waals surface area (Å²) in [5.74, 6) is -0.0612. The van der Waals surface area contributed by atoms with Crippen LogP contribution in [0.2, 0.25) is 5.02 Å². The van der Waals surface area contributed by atoms with E-state index < -0.39 is 0 Å². The molecule has 0 aliphatic carbocycles. The lowest BCUT2D eigenvalue weighted by Crippen LogP contribution is -2.42. The zero-order chi connectivity index (χ0) is 24.1. The van der Waals surface area contributed by atoms with Crippen LogP contribution in [0, 0.1) is 0 Å². The Morgan fingerprint density at radius 3 is 2.21 bits per heavy atom. The van der Waals surface area contributed by atoms with Gasteiger partial charge < -0.3 is 10.2 Å². The molecule has 4 aromatic rings. The predicted molar refractivity (Wildman–Crippen MR) is 135 cm³/mol. The standard InChI is InChI=1S/C27H25ClN4O2/c1-19(2)31(27(34)21-13-7-4-8-14-21)18-26(33)29-25-17-23(20-11-5-3-6-12-20)30-32(25)24-16-10-9-15-22(24)28/h3-17,19H,18H2,1-2H3,(H,29,33). The molecule has 1 heterocycles. The Kier molecular flexibility index (Phi) is 7.09. The molecule has 0 fully saturated rings. The number of rotatable bonds is 7. The Bertz CT molecular complexity index is 1290. The molecule has 2 amide bonds. The lowest BCUT2D eigenvalue weighted by Gasteiger charge is -2.26. The maximum Gasteiger partial charge on any atom is 0.254 e. The van der Waals surface area contributed by atoms with Crippen LogP contribution in [0.15, 0.2) is 91.0 Å². The van der Waals surface area contributed by atoms with Gasteiger partial charge in [-0.25, -0.2) is 4.68 Å². The van der Waals surface area contributed by atoms with Gasteiger partial charge in [0.05, 0.1) is 16.4 Å². The fourth-order valence-electron chi connectivity index (χ4n) is 3.60. The molecular weight excluding hydrogens is 448 g/mol. The fraction of sp³-hybridized carbons (Fsp3) is 0.148. The Balaban J connectivity index is 1.63. The highest BCUT2D eigenvalue weighted by Gasteiger charge is 2.23. The number of hydrogen-bond acceptors (Lipinski definition) is 3. The number of nitrogens with one attached hydrogen (secondary N) is 1. The van der Waals surface area contributed by atoms with Crippen LogP contribution < -0.4 is 5.32 Å². The van der Waals surface area contributed by atoms with Gasteiger partial charge in [0.25, 0.3) is 5.91 Å². The minimum absolute atomic E-state index is 0.0975. The Morgan fingerprint density at radius 2 is 1.56 bits per heavy atom. The number of carbonyl (C=O) groups is 2. The van der Waals surface area contributed by atoms with Crippen molar-refractivity contribution in [2.45, 2.75) is 19.9 Å². The van der Waals surface area contributed by atoms with Gasteiger partial charge >= 0.3 is 0 Å². The molecule has 0 radical (unpaired) electrons. The first-order valence-electron chi connectivity index (χ1n) is 11.0. The number of aromatic nitrogens is 2. The first-order chi connectivity index (χ1) is 16.4. The van der Waals surface area contributed by atoms with Crippen molar-refractivity contribution in [3.8, 4) is 16.9 Å². The van der Waals surface area contributed by atoms with Gasteiger partial charge in [-0.15, -0.1) is 0 Å². The van der Waals surface area contributed by atoms with Crippen molar-refractivity contribution in [2.24, 2.45) is 0 Å². The van der Waals surface area contributed by atoms with Crippen molar-refractivity contribution in [3.63, 3.8) is 0 Å². The molecule has 0 bridgehead atoms. The Morgan fingerprint density at radius 1 is 0.941 bits per heavy atom. The third kappa shape index (κ3) is 5.18. The van der Waals surface area contributed by atoms with Crippen LogP contribution in [-0.2, 0) is 4.79 Å². The SMILES string of the molecule is CC(C)N(CC(=O)Nc1cc(-c2ccccc2)nn1-c1ccccc1Cl)C(=O)c1ccccc1. The monoisotopic (exact) mass is 472 g/mol. The second kappa shape index (κ2) is 10.4. The third-order valence-electron chi connectivity index (χ3n) is 5.35. The Labute approximate surface area is 203 Å². The van der Waals surface area contributed by atoms with Crippen molar-refractivity contribution in [1.29, 1.82) is 0 Å². The molecule has 0 spiro atoms. The first kappa shape index (κ1) is 23.3. The molecule has 0 atom stereocenters. The van der Waals surface area contributed by atoms with Gasteiger partial charge in [0.2, 0.25) is 5.91 Å². The van der Waals surface area contributed by atoms with Crippen molar-refractivity contribution < 1.29 is 9.59 Å². The second-order valence-corrected chi connectivity index (χ2v) is 8.49. The summed E-state index contributed by atoms with van der Waals surface area (Å²) in [6, 6.07) is 27.6. The molecule has 0 saturated heterocycles. The average Bonchev–Trinajstić information content (AvgIpc) is 3.26. The summed E-state index contributed by atoms with van der Waals surface area (Å²) in [5, 5.41) is 8.13. The van der Waals surface area contributed by atoms with Crippen LogP contribution in [0.5, 0.6) is 0 Å². The molecule has 0 unspecified atom stereocenters. The second-order valence-electron chi connectivity index (χ2n) is 8.09. The molecule has 3 aromatic carbocycles. The van der Waals surface area contributed by atoms with Gasteiger partial charge in [0.15, 0.2) is 0 Å². The minimum atomic E-state index is -0.328. The van der Waals surface area contributed by atoms with Gasteiger partial charge in [0, 0.05) is 23.2 Å². The molecule has 0 aliphatic rings. The van der Waals surface area contributed by atoms with Crippen LogP contribution in [0.4, 0.5) is 5.82 Å². The summed E-state index contributed by atoms with van der Waals surface area (Å²) in [5.41, 5.74) is 2.78. The number of amides is 2. The van der Waals surface area contributed by atoms with E-state index in [4.69, 9.17) is 16.7 Å². The maximum atomic E-state index is 13.1. The van der Waals surface area contributed by atoms with Crippen molar-refractivity contribution in [3.05, 3.63) is 102 Å². The van der Waals surface area contributed by atoms with Gasteiger partial charge in [0.1, 0.15) is 12.4 Å². The summed E-state index contributed by atoms with van der Waals surface area (Å²) >= 11 is 6.43. The van der Waals surface area contributed by atoms with Crippen molar-refractivity contribution >= 4 is 29.2 Å². The van der Waals surface area contributed by atoms with E-state index >= 15 is 0 Å². The van der Waals surface area contributed by atoms with Crippen LogP contribution in [0.3, 0.4) is 0 Å². The summed E-state index contributed by atoms with van der Waals surface area (Å²) in [4.78, 5) is 27.6. The summed E-state index contributed by atoms with van der Waals surface area (Å²) < 4.78 is 1.61. The predicted octanol–water partition coefficient (Wildman–Crippen LogP) is 5.68. The molecule has 1 aromatic heterocycles. The number of para-hydroxylation sites is 1. The van der Waals surface area contributed by atoms with E-state index in [1.807, 2.05) is 68.4 Å². The number of anilines is 1. The highest BCUT2D eigenvalue weighted by Crippen LogP contribution is 2.28. The quantitative estimate of drug-likeness (QED) is 0.376. The van der Waals surface area contributed by atoms with Crippen LogP contribution in [0.25, 0.3) is 16.9 Å². The maximum absolute atomic E-state index is 13.1. The zero-order valence-corrected chi connectivity index (χ0v) is 19.7. The van der Waals surface area contributed by atoms with E-state index in [0.717, 1.165) is 5.56 Å². The van der Waals surface area contributed by atoms with Crippen LogP contribution in [-0.4, -0.2) is 39.1 Å². The lowest BCUT2D eigenvalue weighted by atomic mass is 10.1. The molecule has 4 rings (SSSR count). The van der Waals surface area contributed by atoms with E-state index in [2.05, 4.69) is 5.32 Å². The highest BCUT2D eigenvalue weighted by molar-refractivity contribution is 6.32. The number of hydrogen-bond donors (Lipinski definition) is 1. The van der Waals surface area contributed by atoms with Crippen molar-refractivity contribution in [1.82, 2.24) is 14.7 Å².